The van der Waals surface area contributed by atoms with Gasteiger partial charge >= 0.3 is 0 Å². The van der Waals surface area contributed by atoms with Crippen LogP contribution in [0.15, 0.2) is 60.6 Å². The summed E-state index contributed by atoms with van der Waals surface area (Å²) in [6, 6.07) is 11.1. The molecule has 0 bridgehead atoms. The summed E-state index contributed by atoms with van der Waals surface area (Å²) in [6.45, 7) is 0.387. The normalized spacial score (nSPS) is 10.5. The molecule has 0 spiro atoms. The Hall–Kier alpha value is -3.73. The molecule has 0 atom stereocenters. The van der Waals surface area contributed by atoms with Crippen LogP contribution in [0.2, 0.25) is 0 Å². The second-order valence-electron chi connectivity index (χ2n) is 4.64. The van der Waals surface area contributed by atoms with Crippen LogP contribution >= 0.6 is 0 Å². The molecule has 0 radical (unpaired) electrons. The number of carbonyl (C=O) groups is 1. The first-order chi connectivity index (χ1) is 11.6. The summed E-state index contributed by atoms with van der Waals surface area (Å²) in [5.41, 5.74) is 0.467. The number of nitrogens with zero attached hydrogens (tertiary/aromatic N) is 3. The highest BCUT2D eigenvalue weighted by atomic mass is 16.6. The fourth-order valence-electron chi connectivity index (χ4n) is 1.85. The molecule has 1 aromatic heterocycles. The molecule has 8 heteroatoms. The van der Waals surface area contributed by atoms with Gasteiger partial charge in [-0.1, -0.05) is 18.2 Å². The van der Waals surface area contributed by atoms with E-state index in [1.54, 1.807) is 30.6 Å². The predicted octanol–water partition coefficient (Wildman–Crippen LogP) is 2.13. The smallest absolute Gasteiger partial charge is 0.292 e. The van der Waals surface area contributed by atoms with Gasteiger partial charge in [-0.25, -0.2) is 0 Å². The Morgan fingerprint density at radius 3 is 2.79 bits per heavy atom. The molecular formula is C16H13N5O3. The Morgan fingerprint density at radius 2 is 2.12 bits per heavy atom. The molecule has 0 unspecified atom stereocenters. The van der Waals surface area contributed by atoms with E-state index in [2.05, 4.69) is 15.6 Å². The number of benzene rings is 1. The van der Waals surface area contributed by atoms with Gasteiger partial charge < -0.3 is 10.6 Å². The molecular weight excluding hydrogens is 310 g/mol. The van der Waals surface area contributed by atoms with Crippen molar-refractivity contribution < 1.29 is 9.72 Å². The summed E-state index contributed by atoms with van der Waals surface area (Å²) in [5.74, 6) is -0.731. The second kappa shape index (κ2) is 8.05. The summed E-state index contributed by atoms with van der Waals surface area (Å²) < 4.78 is 0. The van der Waals surface area contributed by atoms with Crippen molar-refractivity contribution in [1.82, 2.24) is 10.3 Å². The molecule has 0 saturated heterocycles. The predicted molar refractivity (Wildman–Crippen MR) is 86.5 cm³/mol. The van der Waals surface area contributed by atoms with E-state index in [9.17, 15) is 14.9 Å². The lowest BCUT2D eigenvalue weighted by Gasteiger charge is -2.05. The van der Waals surface area contributed by atoms with Gasteiger partial charge in [-0.15, -0.1) is 0 Å². The Morgan fingerprint density at radius 1 is 1.33 bits per heavy atom. The minimum Gasteiger partial charge on any atom is -0.386 e. The summed E-state index contributed by atoms with van der Waals surface area (Å²) in [6.07, 6.45) is 4.55. The third-order valence-corrected chi connectivity index (χ3v) is 2.99. The first-order valence-electron chi connectivity index (χ1n) is 6.89. The van der Waals surface area contributed by atoms with Gasteiger partial charge in [-0.2, -0.15) is 5.26 Å². The molecule has 2 aromatic rings. The molecule has 0 aliphatic carbocycles. The number of nitriles is 1. The number of para-hydroxylation sites is 2. The van der Waals surface area contributed by atoms with E-state index >= 15 is 0 Å². The zero-order valence-corrected chi connectivity index (χ0v) is 12.5. The van der Waals surface area contributed by atoms with Crippen molar-refractivity contribution in [1.29, 1.82) is 5.26 Å². The van der Waals surface area contributed by atoms with Gasteiger partial charge in [0.15, 0.2) is 0 Å². The number of nitro benzene ring substituents is 1. The molecule has 0 saturated carbocycles. The molecule has 120 valence electrons. The maximum Gasteiger partial charge on any atom is 0.292 e. The van der Waals surface area contributed by atoms with Crippen molar-refractivity contribution in [3.63, 3.8) is 0 Å². The SMILES string of the molecule is N#C/C(=C/NCc1cccnc1)C(=O)Nc1ccccc1[N+](=O)[O-]. The van der Waals surface area contributed by atoms with E-state index in [4.69, 9.17) is 5.26 Å². The fraction of sp³-hybridized carbons (Fsp3) is 0.0625. The molecule has 1 amide bonds. The van der Waals surface area contributed by atoms with Crippen LogP contribution in [0.1, 0.15) is 5.56 Å². The molecule has 2 rings (SSSR count). The molecule has 24 heavy (non-hydrogen) atoms. The Bertz CT molecular complexity index is 812. The molecule has 1 heterocycles. The van der Waals surface area contributed by atoms with Crippen LogP contribution in [0.3, 0.4) is 0 Å². The maximum absolute atomic E-state index is 12.1. The van der Waals surface area contributed by atoms with Crippen LogP contribution in [0.25, 0.3) is 0 Å². The number of hydrogen-bond donors (Lipinski definition) is 2. The van der Waals surface area contributed by atoms with Crippen LogP contribution in [0.4, 0.5) is 11.4 Å². The number of carbonyl (C=O) groups excluding carboxylic acids is 1. The number of hydrogen-bond acceptors (Lipinski definition) is 6. The van der Waals surface area contributed by atoms with Crippen LogP contribution < -0.4 is 10.6 Å². The standard InChI is InChI=1S/C16H13N5O3/c17-8-13(11-19-10-12-4-3-7-18-9-12)16(22)20-14-5-1-2-6-15(14)21(23)24/h1-7,9,11,19H,10H2,(H,20,22)/b13-11-. The molecule has 2 N–H and O–H groups in total. The minimum absolute atomic E-state index is 0.0286. The van der Waals surface area contributed by atoms with Crippen molar-refractivity contribution in [3.8, 4) is 6.07 Å². The van der Waals surface area contributed by atoms with Gasteiger partial charge in [-0.05, 0) is 17.7 Å². The number of pyridine rings is 1. The quantitative estimate of drug-likeness (QED) is 0.363. The molecule has 0 fully saturated rings. The lowest BCUT2D eigenvalue weighted by atomic mass is 10.2. The number of rotatable bonds is 6. The van der Waals surface area contributed by atoms with Gasteiger partial charge in [0.2, 0.25) is 0 Å². The minimum atomic E-state index is -0.731. The topological polar surface area (TPSA) is 121 Å². The molecule has 1 aromatic carbocycles. The molecule has 0 aliphatic heterocycles. The second-order valence-corrected chi connectivity index (χ2v) is 4.64. The summed E-state index contributed by atoms with van der Waals surface area (Å²) in [7, 11) is 0. The monoisotopic (exact) mass is 323 g/mol. The highest BCUT2D eigenvalue weighted by Crippen LogP contribution is 2.23. The van der Waals surface area contributed by atoms with E-state index in [1.807, 2.05) is 6.07 Å². The Labute approximate surface area is 137 Å². The Kier molecular flexibility index (Phi) is 5.58. The van der Waals surface area contributed by atoms with E-state index in [-0.39, 0.29) is 16.9 Å². The largest absolute Gasteiger partial charge is 0.386 e. The molecule has 0 aliphatic rings. The van der Waals surface area contributed by atoms with E-state index in [0.717, 1.165) is 5.56 Å². The fourth-order valence-corrected chi connectivity index (χ4v) is 1.85. The van der Waals surface area contributed by atoms with Crippen LogP contribution in [-0.4, -0.2) is 15.8 Å². The van der Waals surface area contributed by atoms with Crippen molar-refractivity contribution in [3.05, 3.63) is 76.2 Å². The highest BCUT2D eigenvalue weighted by Gasteiger charge is 2.16. The van der Waals surface area contributed by atoms with Gasteiger partial charge in [0, 0.05) is 31.2 Å². The van der Waals surface area contributed by atoms with Gasteiger partial charge in [0.1, 0.15) is 17.3 Å². The Balaban J connectivity index is 2.05. The molecule has 8 nitrogen and oxygen atoms in total. The summed E-state index contributed by atoms with van der Waals surface area (Å²) in [4.78, 5) is 26.4. The summed E-state index contributed by atoms with van der Waals surface area (Å²) >= 11 is 0. The lowest BCUT2D eigenvalue weighted by molar-refractivity contribution is -0.383. The van der Waals surface area contributed by atoms with Crippen molar-refractivity contribution in [2.24, 2.45) is 0 Å². The van der Waals surface area contributed by atoms with Crippen molar-refractivity contribution in [2.45, 2.75) is 6.54 Å². The van der Waals surface area contributed by atoms with E-state index in [0.29, 0.717) is 6.54 Å². The first kappa shape index (κ1) is 16.6. The zero-order chi connectivity index (χ0) is 17.4. The van der Waals surface area contributed by atoms with Gasteiger partial charge in [0.25, 0.3) is 11.6 Å². The zero-order valence-electron chi connectivity index (χ0n) is 12.5. The lowest BCUT2D eigenvalue weighted by Crippen LogP contribution is -2.17. The maximum atomic E-state index is 12.1. The number of aromatic nitrogens is 1. The van der Waals surface area contributed by atoms with Crippen LogP contribution in [-0.2, 0) is 11.3 Å². The number of nitrogens with one attached hydrogen (secondary N) is 2. The van der Waals surface area contributed by atoms with Crippen LogP contribution in [0.5, 0.6) is 0 Å². The third kappa shape index (κ3) is 4.38. The first-order valence-corrected chi connectivity index (χ1v) is 6.89. The van der Waals surface area contributed by atoms with Crippen molar-refractivity contribution >= 4 is 17.3 Å². The average molecular weight is 323 g/mol. The van der Waals surface area contributed by atoms with Crippen LogP contribution in [0, 0.1) is 21.4 Å². The van der Waals surface area contributed by atoms with Crippen molar-refractivity contribution in [2.75, 3.05) is 5.32 Å². The van der Waals surface area contributed by atoms with Gasteiger partial charge in [-0.3, -0.25) is 19.9 Å². The number of nitro groups is 1. The third-order valence-electron chi connectivity index (χ3n) is 2.99. The van der Waals surface area contributed by atoms with E-state index in [1.165, 1.54) is 24.4 Å². The summed E-state index contributed by atoms with van der Waals surface area (Å²) in [5, 5.41) is 25.2. The number of amides is 1. The van der Waals surface area contributed by atoms with E-state index < -0.39 is 10.8 Å². The number of anilines is 1. The van der Waals surface area contributed by atoms with Gasteiger partial charge in [0.05, 0.1) is 4.92 Å². The highest BCUT2D eigenvalue weighted by molar-refractivity contribution is 6.07. The average Bonchev–Trinajstić information content (AvgIpc) is 2.60.